The van der Waals surface area contributed by atoms with Gasteiger partial charge in [-0.1, -0.05) is 397 Å². The Hall–Kier alpha value is -10.1. The molecule has 122 heavy (non-hydrogen) atoms. The van der Waals surface area contributed by atoms with Gasteiger partial charge in [0.05, 0.1) is 41.3 Å². The van der Waals surface area contributed by atoms with E-state index in [1.54, 1.807) is 32.3 Å². The Kier molecular flexibility index (Phi) is 47.7. The van der Waals surface area contributed by atoms with Gasteiger partial charge in [0.1, 0.15) is 6.29 Å². The number of esters is 2. The number of nitrogens with zero attached hydrogens (tertiary/aromatic N) is 2. The standard InChI is InChI=1S/C27H37NO3Si.C23H30O2Si.C22H22NO2P.C22H30O2Si.C8H12O4.CH4/c1-27(2,3)32(24-18-12-10-13-19-24,25-20-14-11-15-21-25)31-23-17-9-7-6-8-16-22-26(29)28(4)30-5;1-23(2,3)26(21-15-9-7-10-16-21,22-17-11-8-12-18-22)25-20-14-6-4-5-13-19-24;1-23(25-2)22(24)18-26(19-12-6-3-7-13-19,20-14-8-4-9-15-20)21-16-10-5-11-17-21;1-22(2,3)25(20-14-8-6-9-15-20,21-16-10-7-11-17-21)24-19-13-5-4-12-18-23;1-11-7(9)5-3-4-6-8(10)12-2;/h7,9-16,18-22H,6,8,17,23H2,1-5H3;4,6-12,15-19H,5,13-14,20H2,1-3H3;3-18H,1-2H3;4-11,14-17,23H,12-13,18-19H2,1-3H3;3-4H,5-6H2,1-2H3;1H4/b9-7+,22-16+;6-4+;;5-4+;4-3+;. The van der Waals surface area contributed by atoms with E-state index in [-0.39, 0.29) is 65.7 Å². The van der Waals surface area contributed by atoms with Crippen LogP contribution in [-0.2, 0) is 56.4 Å². The van der Waals surface area contributed by atoms with E-state index >= 15 is 0 Å². The minimum atomic E-state index is -2.46. The molecule has 0 unspecified atom stereocenters. The van der Waals surface area contributed by atoms with E-state index in [4.69, 9.17) is 28.1 Å². The fourth-order valence-electron chi connectivity index (χ4n) is 14.2. The maximum Gasteiger partial charge on any atom is 0.309 e. The molecule has 0 aliphatic carbocycles. The lowest BCUT2D eigenvalue weighted by atomic mass is 10.2. The van der Waals surface area contributed by atoms with E-state index in [2.05, 4.69) is 321 Å². The van der Waals surface area contributed by atoms with Crippen LogP contribution in [0.15, 0.2) is 334 Å². The highest BCUT2D eigenvalue weighted by atomic mass is 31.2. The SMILES string of the molecule is C.CC(C)(C)[Si](OCC/C=C/CCC=O)(c1ccccc1)c1ccccc1.CC(C)(C)[Si](OCC/C=C/CCO)(c1ccccc1)c1ccccc1.COC(=O)C/C=C/CC(=O)OC.CON(C)C(=O)/C=C/CC/C=C/CCO[Si](c1ccccc1)(c1ccccc1)C(C)(C)C.CON(C)C(=O)C=P(c1ccccc1)(c1ccccc1)c1ccccc1. The van der Waals surface area contributed by atoms with E-state index in [1.165, 1.54) is 69.7 Å². The van der Waals surface area contributed by atoms with Crippen molar-refractivity contribution in [3.8, 4) is 0 Å². The number of hydrogen-bond acceptors (Lipinski definition) is 13. The van der Waals surface area contributed by atoms with Crippen molar-refractivity contribution in [2.45, 2.75) is 149 Å². The van der Waals surface area contributed by atoms with Crippen LogP contribution in [0.3, 0.4) is 0 Å². The third kappa shape index (κ3) is 31.7. The highest BCUT2D eigenvalue weighted by molar-refractivity contribution is 7.95. The van der Waals surface area contributed by atoms with Crippen LogP contribution >= 0.6 is 6.89 Å². The molecule has 0 aliphatic rings. The number of carbonyl (C=O) groups is 5. The first-order chi connectivity index (χ1) is 58.3. The lowest BCUT2D eigenvalue weighted by Gasteiger charge is -2.43. The molecule has 15 nitrogen and oxygen atoms in total. The third-order valence-corrected chi connectivity index (χ3v) is 39.3. The zero-order chi connectivity index (χ0) is 88.3. The Bertz CT molecular complexity index is 4380. The average molecular weight is 1720 g/mol. The summed E-state index contributed by atoms with van der Waals surface area (Å²) in [6.45, 7) is 20.6. The molecular formula is C103H135N2O13PSi3. The summed E-state index contributed by atoms with van der Waals surface area (Å²) >= 11 is 0. The van der Waals surface area contributed by atoms with Gasteiger partial charge in [-0.2, -0.15) is 0 Å². The van der Waals surface area contributed by atoms with E-state index in [9.17, 15) is 24.0 Å². The number of benzene rings is 9. The Balaban J connectivity index is 0.000000327. The zero-order valence-corrected chi connectivity index (χ0v) is 77.9. The van der Waals surface area contributed by atoms with Crippen LogP contribution in [0, 0.1) is 0 Å². The summed E-state index contributed by atoms with van der Waals surface area (Å²) in [6, 6.07) is 95.0. The zero-order valence-electron chi connectivity index (χ0n) is 74.0. The van der Waals surface area contributed by atoms with E-state index in [0.717, 1.165) is 60.7 Å². The molecule has 19 heteroatoms. The van der Waals surface area contributed by atoms with Crippen LogP contribution in [0.1, 0.15) is 134 Å². The molecule has 9 rings (SSSR count). The van der Waals surface area contributed by atoms with Crippen molar-refractivity contribution in [2.24, 2.45) is 0 Å². The summed E-state index contributed by atoms with van der Waals surface area (Å²) in [6.07, 6.45) is 27.0. The van der Waals surface area contributed by atoms with Gasteiger partial charge < -0.3 is 32.7 Å². The minimum Gasteiger partial charge on any atom is -0.469 e. The number of aliphatic hydroxyl groups is 1. The molecule has 0 atom stereocenters. The van der Waals surface area contributed by atoms with Crippen LogP contribution in [-0.4, -0.2) is 145 Å². The lowest BCUT2D eigenvalue weighted by Crippen LogP contribution is -2.66. The Morgan fingerprint density at radius 3 is 0.820 bits per heavy atom. The largest absolute Gasteiger partial charge is 0.469 e. The van der Waals surface area contributed by atoms with Gasteiger partial charge in [0.2, 0.25) is 0 Å². The maximum atomic E-state index is 12.9. The fourth-order valence-corrected chi connectivity index (χ4v) is 31.7. The molecule has 0 saturated carbocycles. The first-order valence-corrected chi connectivity index (χ1v) is 49.1. The van der Waals surface area contributed by atoms with Crippen LogP contribution in [0.4, 0.5) is 0 Å². The summed E-state index contributed by atoms with van der Waals surface area (Å²) < 4.78 is 29.2. The highest BCUT2D eigenvalue weighted by Gasteiger charge is 2.52. The Morgan fingerprint density at radius 2 is 0.574 bits per heavy atom. The highest BCUT2D eigenvalue weighted by Crippen LogP contribution is 2.44. The number of amides is 2. The molecule has 2 amide bonds. The number of aliphatic hydroxyl groups excluding tert-OH is 1. The third-order valence-electron chi connectivity index (χ3n) is 20.2. The predicted octanol–water partition coefficient (Wildman–Crippen LogP) is 17.4. The van der Waals surface area contributed by atoms with Crippen molar-refractivity contribution < 1.29 is 61.5 Å². The number of carbonyl (C=O) groups excluding carboxylic acids is 5. The molecule has 0 aliphatic heterocycles. The molecule has 0 bridgehead atoms. The van der Waals surface area contributed by atoms with E-state index < -0.39 is 31.8 Å². The molecular weight excluding hydrogens is 1590 g/mol. The van der Waals surface area contributed by atoms with Crippen LogP contribution in [0.5, 0.6) is 0 Å². The summed E-state index contributed by atoms with van der Waals surface area (Å²) in [7, 11) is 1.56. The topological polar surface area (TPSA) is 177 Å². The molecule has 1 N–H and O–H groups in total. The summed E-state index contributed by atoms with van der Waals surface area (Å²) in [5.41, 5.74) is 0. The number of methoxy groups -OCH3 is 2. The monoisotopic (exact) mass is 1720 g/mol. The molecule has 652 valence electrons. The first-order valence-electron chi connectivity index (χ1n) is 41.5. The van der Waals surface area contributed by atoms with Crippen molar-refractivity contribution in [2.75, 3.05) is 69.0 Å². The normalized spacial score (nSPS) is 11.8. The van der Waals surface area contributed by atoms with Gasteiger partial charge in [0, 0.05) is 58.8 Å². The molecule has 0 fully saturated rings. The number of hydroxylamine groups is 4. The summed E-state index contributed by atoms with van der Waals surface area (Å²) in [4.78, 5) is 66.0. The Morgan fingerprint density at radius 1 is 0.336 bits per heavy atom. The second kappa shape index (κ2) is 55.9. The first kappa shape index (κ1) is 104. The van der Waals surface area contributed by atoms with Crippen LogP contribution in [0.25, 0.3) is 0 Å². The number of aldehydes is 1. The van der Waals surface area contributed by atoms with Crippen molar-refractivity contribution in [1.29, 1.82) is 0 Å². The lowest BCUT2D eigenvalue weighted by molar-refractivity contribution is -0.162. The van der Waals surface area contributed by atoms with Gasteiger partial charge in [-0.25, -0.2) is 10.1 Å². The average Bonchev–Trinajstić information content (AvgIpc) is 0.752. The van der Waals surface area contributed by atoms with Crippen molar-refractivity contribution in [3.63, 3.8) is 0 Å². The Labute approximate surface area is 733 Å². The second-order valence-corrected chi connectivity index (χ2v) is 47.6. The number of likely N-dealkylation sites (N-methyl/N-ethyl adjacent to an activating group) is 1. The fraction of sp³-hybridized carbons (Fsp3) is 0.320. The van der Waals surface area contributed by atoms with E-state index in [0.29, 0.717) is 32.7 Å². The number of ether oxygens (including phenoxy) is 2. The van der Waals surface area contributed by atoms with Gasteiger partial charge in [-0.05, 0) is 114 Å². The van der Waals surface area contributed by atoms with Gasteiger partial charge in [0.25, 0.3) is 36.8 Å². The van der Waals surface area contributed by atoms with Gasteiger partial charge in [-0.15, -0.1) is 0 Å². The smallest absolute Gasteiger partial charge is 0.309 e. The molecule has 0 spiro atoms. The number of hydrogen-bond donors (Lipinski definition) is 1. The molecule has 0 radical (unpaired) electrons. The molecule has 0 aromatic heterocycles. The quantitative estimate of drug-likeness (QED) is 0.00569. The van der Waals surface area contributed by atoms with Crippen LogP contribution < -0.4 is 47.0 Å². The van der Waals surface area contributed by atoms with Gasteiger partial charge in [0.15, 0.2) is 0 Å². The number of rotatable bonds is 37. The molecule has 9 aromatic rings. The molecule has 0 heterocycles. The minimum absolute atomic E-state index is 0. The number of allylic oxidation sites excluding steroid dienone is 3. The van der Waals surface area contributed by atoms with Crippen molar-refractivity contribution in [3.05, 3.63) is 334 Å². The molecule has 0 saturated heterocycles. The summed E-state index contributed by atoms with van der Waals surface area (Å²) in [5, 5.41) is 22.6. The number of unbranched alkanes of at least 4 members (excludes halogenated alkanes) is 2. The van der Waals surface area contributed by atoms with Gasteiger partial charge >= 0.3 is 11.9 Å². The van der Waals surface area contributed by atoms with Gasteiger partial charge in [-0.3, -0.25) is 28.9 Å². The predicted molar refractivity (Wildman–Crippen MR) is 517 cm³/mol. The van der Waals surface area contributed by atoms with E-state index in [1.807, 2.05) is 72.5 Å². The maximum absolute atomic E-state index is 12.9. The summed E-state index contributed by atoms with van der Waals surface area (Å²) in [5.74, 6) is 0.885. The van der Waals surface area contributed by atoms with Crippen LogP contribution in [0.2, 0.25) is 15.1 Å². The van der Waals surface area contributed by atoms with Crippen molar-refractivity contribution >= 4 is 115 Å². The second-order valence-electron chi connectivity index (χ2n) is 31.5. The van der Waals surface area contributed by atoms with Crippen molar-refractivity contribution in [1.82, 2.24) is 10.1 Å². The molecule has 9 aromatic carbocycles.